The molecule has 130 valence electrons. The molecule has 1 rings (SSSR count). The van der Waals surface area contributed by atoms with Crippen LogP contribution in [0, 0.1) is 0 Å². The number of para-hydroxylation sites is 1. The van der Waals surface area contributed by atoms with E-state index >= 15 is 0 Å². The minimum atomic E-state index is -4.68. The third kappa shape index (κ3) is 5.74. The van der Waals surface area contributed by atoms with Crippen LogP contribution in [0.5, 0.6) is 0 Å². The molecule has 0 aromatic heterocycles. The fraction of sp³-hybridized carbons (Fsp3) is 0.500. The first-order valence-electron chi connectivity index (χ1n) is 6.98. The quantitative estimate of drug-likeness (QED) is 0.819. The first-order valence-corrected chi connectivity index (χ1v) is 8.82. The number of rotatable bonds is 7. The van der Waals surface area contributed by atoms with E-state index in [1.165, 1.54) is 12.1 Å². The molecule has 1 aromatic carbocycles. The number of hydrogen-bond donors (Lipinski definition) is 1. The van der Waals surface area contributed by atoms with Gasteiger partial charge in [-0.3, -0.25) is 9.10 Å². The molecule has 1 aromatic rings. The van der Waals surface area contributed by atoms with Gasteiger partial charge in [0.2, 0.25) is 15.9 Å². The van der Waals surface area contributed by atoms with E-state index in [9.17, 15) is 26.4 Å². The van der Waals surface area contributed by atoms with Crippen LogP contribution in [0.2, 0.25) is 0 Å². The third-order valence-electron chi connectivity index (χ3n) is 2.99. The number of nitrogens with zero attached hydrogens (tertiary/aromatic N) is 1. The van der Waals surface area contributed by atoms with E-state index in [2.05, 4.69) is 5.32 Å². The number of sulfonamides is 1. The predicted octanol–water partition coefficient (Wildman–Crippen LogP) is 2.39. The van der Waals surface area contributed by atoms with Gasteiger partial charge in [-0.05, 0) is 18.6 Å². The van der Waals surface area contributed by atoms with Gasteiger partial charge >= 0.3 is 6.18 Å². The lowest BCUT2D eigenvalue weighted by Gasteiger charge is -2.25. The Labute approximate surface area is 133 Å². The average Bonchev–Trinajstić information content (AvgIpc) is 2.41. The number of halogens is 3. The van der Waals surface area contributed by atoms with Crippen molar-refractivity contribution in [1.82, 2.24) is 5.32 Å². The van der Waals surface area contributed by atoms with Gasteiger partial charge in [0, 0.05) is 13.0 Å². The van der Waals surface area contributed by atoms with Crippen LogP contribution in [0.1, 0.15) is 25.3 Å². The molecule has 0 unspecified atom stereocenters. The highest BCUT2D eigenvalue weighted by Crippen LogP contribution is 2.37. The summed E-state index contributed by atoms with van der Waals surface area (Å²) < 4.78 is 63.5. The highest BCUT2D eigenvalue weighted by atomic mass is 32.2. The van der Waals surface area contributed by atoms with Crippen LogP contribution in [-0.4, -0.2) is 33.7 Å². The molecule has 0 fully saturated rings. The van der Waals surface area contributed by atoms with Crippen molar-refractivity contribution < 1.29 is 26.4 Å². The molecule has 0 bridgehead atoms. The van der Waals surface area contributed by atoms with Gasteiger partial charge in [0.15, 0.2) is 0 Å². The van der Waals surface area contributed by atoms with E-state index in [0.717, 1.165) is 18.4 Å². The topological polar surface area (TPSA) is 66.5 Å². The number of carbonyl (C=O) groups excluding carboxylic acids is 1. The molecule has 1 N–H and O–H groups in total. The van der Waals surface area contributed by atoms with Crippen molar-refractivity contribution in [1.29, 1.82) is 0 Å². The fourth-order valence-electron chi connectivity index (χ4n) is 2.01. The summed E-state index contributed by atoms with van der Waals surface area (Å²) in [6, 6.07) is 4.44. The minimum Gasteiger partial charge on any atom is -0.354 e. The Hall–Kier alpha value is -1.77. The Morgan fingerprint density at radius 3 is 2.39 bits per heavy atom. The van der Waals surface area contributed by atoms with E-state index in [-0.39, 0.29) is 25.4 Å². The molecule has 0 aliphatic rings. The zero-order valence-corrected chi connectivity index (χ0v) is 13.7. The van der Waals surface area contributed by atoms with Crippen molar-refractivity contribution in [3.63, 3.8) is 0 Å². The number of benzene rings is 1. The first kappa shape index (κ1) is 19.3. The second-order valence-corrected chi connectivity index (χ2v) is 6.86. The Bertz CT molecular complexity index is 645. The monoisotopic (exact) mass is 352 g/mol. The van der Waals surface area contributed by atoms with Gasteiger partial charge in [0.1, 0.15) is 0 Å². The maximum Gasteiger partial charge on any atom is 0.418 e. The maximum atomic E-state index is 13.1. The smallest absolute Gasteiger partial charge is 0.354 e. The van der Waals surface area contributed by atoms with Crippen LogP contribution in [0.3, 0.4) is 0 Å². The molecule has 0 aliphatic heterocycles. The summed E-state index contributed by atoms with van der Waals surface area (Å²) >= 11 is 0. The SMILES string of the molecule is CCCC(=O)NCCN(c1ccccc1C(F)(F)F)S(C)(=O)=O. The lowest BCUT2D eigenvalue weighted by molar-refractivity contribution is -0.137. The molecular weight excluding hydrogens is 333 g/mol. The van der Waals surface area contributed by atoms with Crippen molar-refractivity contribution in [3.8, 4) is 0 Å². The Morgan fingerprint density at radius 1 is 1.26 bits per heavy atom. The van der Waals surface area contributed by atoms with Crippen molar-refractivity contribution >= 4 is 21.6 Å². The normalized spacial score (nSPS) is 12.0. The van der Waals surface area contributed by atoms with Crippen molar-refractivity contribution in [2.75, 3.05) is 23.7 Å². The van der Waals surface area contributed by atoms with Gasteiger partial charge in [-0.15, -0.1) is 0 Å². The molecule has 0 radical (unpaired) electrons. The summed E-state index contributed by atoms with van der Waals surface area (Å²) in [6.07, 6.45) is -2.95. The standard InChI is InChI=1S/C14H19F3N2O3S/c1-3-6-13(20)18-9-10-19(23(2,21)22)12-8-5-4-7-11(12)14(15,16)17/h4-5,7-8H,3,6,9-10H2,1-2H3,(H,18,20). The highest BCUT2D eigenvalue weighted by Gasteiger charge is 2.36. The highest BCUT2D eigenvalue weighted by molar-refractivity contribution is 7.92. The summed E-state index contributed by atoms with van der Waals surface area (Å²) in [7, 11) is -3.93. The van der Waals surface area contributed by atoms with Gasteiger partial charge in [0.05, 0.1) is 24.1 Å². The molecule has 5 nitrogen and oxygen atoms in total. The zero-order valence-electron chi connectivity index (χ0n) is 12.9. The second kappa shape index (κ2) is 7.67. The molecule has 0 saturated carbocycles. The maximum absolute atomic E-state index is 13.1. The minimum absolute atomic E-state index is 0.0713. The lowest BCUT2D eigenvalue weighted by atomic mass is 10.1. The van der Waals surface area contributed by atoms with Crippen LogP contribution in [-0.2, 0) is 21.0 Å². The first-order chi connectivity index (χ1) is 10.6. The van der Waals surface area contributed by atoms with Gasteiger partial charge in [-0.25, -0.2) is 8.42 Å². The number of anilines is 1. The van der Waals surface area contributed by atoms with Gasteiger partial charge < -0.3 is 5.32 Å². The molecule has 9 heteroatoms. The summed E-state index contributed by atoms with van der Waals surface area (Å²) in [5.41, 5.74) is -1.49. The Balaban J connectivity index is 3.04. The summed E-state index contributed by atoms with van der Waals surface area (Å²) in [4.78, 5) is 11.4. The fourth-order valence-corrected chi connectivity index (χ4v) is 2.95. The summed E-state index contributed by atoms with van der Waals surface area (Å²) in [5, 5.41) is 2.49. The molecule has 0 aliphatic carbocycles. The van der Waals surface area contributed by atoms with Crippen LogP contribution in [0.15, 0.2) is 24.3 Å². The Kier molecular flexibility index (Phi) is 6.43. The second-order valence-electron chi connectivity index (χ2n) is 4.95. The molecule has 0 atom stereocenters. The van der Waals surface area contributed by atoms with Gasteiger partial charge in [0.25, 0.3) is 0 Å². The number of alkyl halides is 3. The van der Waals surface area contributed by atoms with Crippen LogP contribution >= 0.6 is 0 Å². The van der Waals surface area contributed by atoms with E-state index in [0.29, 0.717) is 10.7 Å². The van der Waals surface area contributed by atoms with Gasteiger partial charge in [-0.2, -0.15) is 13.2 Å². The van der Waals surface area contributed by atoms with E-state index in [4.69, 9.17) is 0 Å². The number of hydrogen-bond acceptors (Lipinski definition) is 3. The lowest BCUT2D eigenvalue weighted by Crippen LogP contribution is -2.39. The largest absolute Gasteiger partial charge is 0.418 e. The molecular formula is C14H19F3N2O3S. The van der Waals surface area contributed by atoms with Crippen molar-refractivity contribution in [3.05, 3.63) is 29.8 Å². The predicted molar refractivity (Wildman–Crippen MR) is 81.6 cm³/mol. The average molecular weight is 352 g/mol. The number of carbonyl (C=O) groups is 1. The van der Waals surface area contributed by atoms with Crippen LogP contribution < -0.4 is 9.62 Å². The number of nitrogens with one attached hydrogen (secondary N) is 1. The zero-order chi connectivity index (χ0) is 17.7. The molecule has 0 saturated heterocycles. The van der Waals surface area contributed by atoms with Crippen molar-refractivity contribution in [2.24, 2.45) is 0 Å². The van der Waals surface area contributed by atoms with Crippen LogP contribution in [0.4, 0.5) is 18.9 Å². The summed E-state index contributed by atoms with van der Waals surface area (Å²) in [5.74, 6) is -0.273. The van der Waals surface area contributed by atoms with Crippen LogP contribution in [0.25, 0.3) is 0 Å². The third-order valence-corrected chi connectivity index (χ3v) is 4.17. The summed E-state index contributed by atoms with van der Waals surface area (Å²) in [6.45, 7) is 1.46. The molecule has 23 heavy (non-hydrogen) atoms. The van der Waals surface area contributed by atoms with Gasteiger partial charge in [-0.1, -0.05) is 19.1 Å². The molecule has 1 amide bonds. The van der Waals surface area contributed by atoms with E-state index < -0.39 is 27.5 Å². The Morgan fingerprint density at radius 2 is 1.87 bits per heavy atom. The van der Waals surface area contributed by atoms with E-state index in [1.54, 1.807) is 0 Å². The van der Waals surface area contributed by atoms with E-state index in [1.807, 2.05) is 6.92 Å². The number of amides is 1. The molecule has 0 spiro atoms. The molecule has 0 heterocycles. The van der Waals surface area contributed by atoms with Crippen molar-refractivity contribution in [2.45, 2.75) is 25.9 Å².